The molecule has 0 aliphatic heterocycles. The molecule has 0 radical (unpaired) electrons. The summed E-state index contributed by atoms with van der Waals surface area (Å²) in [6.07, 6.45) is -3.37. The third-order valence-corrected chi connectivity index (χ3v) is 3.55. The molecule has 0 aliphatic rings. The Labute approximate surface area is 135 Å². The number of benzene rings is 1. The van der Waals surface area contributed by atoms with Crippen LogP contribution in [-0.4, -0.2) is 19.5 Å². The molecular weight excluding hydrogens is 305 g/mol. The van der Waals surface area contributed by atoms with Crippen molar-refractivity contribution in [2.75, 3.05) is 13.6 Å². The second kappa shape index (κ2) is 7.81. The molecule has 1 unspecified atom stereocenters. The van der Waals surface area contributed by atoms with Crippen molar-refractivity contribution in [3.63, 3.8) is 0 Å². The number of hydrogen-bond donors (Lipinski definition) is 2. The fourth-order valence-electron chi connectivity index (χ4n) is 2.35. The topological polar surface area (TPSA) is 41.1 Å². The van der Waals surface area contributed by atoms with Gasteiger partial charge in [-0.25, -0.2) is 0 Å². The lowest BCUT2D eigenvalue weighted by Gasteiger charge is -2.32. The predicted molar refractivity (Wildman–Crippen MR) is 84.9 cm³/mol. The lowest BCUT2D eigenvalue weighted by molar-refractivity contribution is -0.137. The lowest BCUT2D eigenvalue weighted by atomic mass is 9.81. The van der Waals surface area contributed by atoms with Gasteiger partial charge >= 0.3 is 6.18 Å². The summed E-state index contributed by atoms with van der Waals surface area (Å²) in [4.78, 5) is 12.1. The van der Waals surface area contributed by atoms with Crippen molar-refractivity contribution in [3.05, 3.63) is 35.4 Å². The Kier molecular flexibility index (Phi) is 6.62. The first-order valence-corrected chi connectivity index (χ1v) is 7.67. The van der Waals surface area contributed by atoms with E-state index in [-0.39, 0.29) is 5.91 Å². The van der Waals surface area contributed by atoms with E-state index in [4.69, 9.17) is 0 Å². The van der Waals surface area contributed by atoms with Crippen LogP contribution in [0.2, 0.25) is 0 Å². The van der Waals surface area contributed by atoms with Crippen LogP contribution in [0.25, 0.3) is 0 Å². The Morgan fingerprint density at radius 2 is 1.87 bits per heavy atom. The van der Waals surface area contributed by atoms with Gasteiger partial charge in [0.1, 0.15) is 0 Å². The van der Waals surface area contributed by atoms with E-state index in [1.807, 2.05) is 20.8 Å². The summed E-state index contributed by atoms with van der Waals surface area (Å²) < 4.78 is 38.7. The summed E-state index contributed by atoms with van der Waals surface area (Å²) in [6, 6.07) is 4.68. The highest BCUT2D eigenvalue weighted by molar-refractivity contribution is 5.76. The highest BCUT2D eigenvalue weighted by atomic mass is 19.4. The number of carbonyl (C=O) groups is 1. The van der Waals surface area contributed by atoms with Crippen LogP contribution in [0.1, 0.15) is 50.8 Å². The molecule has 23 heavy (non-hydrogen) atoms. The molecule has 0 heterocycles. The molecule has 1 aromatic carbocycles. The zero-order chi connectivity index (χ0) is 17.7. The summed E-state index contributed by atoms with van der Waals surface area (Å²) in [5.41, 5.74) is -0.633. The molecule has 1 rings (SSSR count). The van der Waals surface area contributed by atoms with Crippen molar-refractivity contribution in [2.24, 2.45) is 5.41 Å². The highest BCUT2D eigenvalue weighted by Crippen LogP contribution is 2.36. The molecule has 0 aliphatic carbocycles. The van der Waals surface area contributed by atoms with Gasteiger partial charge in [0.25, 0.3) is 0 Å². The first-order valence-electron chi connectivity index (χ1n) is 7.67. The average molecular weight is 330 g/mol. The SMILES string of the molecule is CNCCCC(=O)NC(c1cccc(C(F)(F)F)c1)C(C)(C)C. The number of carbonyl (C=O) groups excluding carboxylic acids is 1. The van der Waals surface area contributed by atoms with Gasteiger partial charge < -0.3 is 10.6 Å². The Morgan fingerprint density at radius 3 is 2.39 bits per heavy atom. The molecule has 0 saturated carbocycles. The fraction of sp³-hybridized carbons (Fsp3) is 0.588. The normalized spacial score (nSPS) is 13.7. The minimum Gasteiger partial charge on any atom is -0.349 e. The van der Waals surface area contributed by atoms with Gasteiger partial charge in [-0.15, -0.1) is 0 Å². The van der Waals surface area contributed by atoms with Crippen LogP contribution in [0.3, 0.4) is 0 Å². The third kappa shape index (κ3) is 6.22. The van der Waals surface area contributed by atoms with E-state index in [9.17, 15) is 18.0 Å². The quantitative estimate of drug-likeness (QED) is 0.777. The number of hydrogen-bond acceptors (Lipinski definition) is 2. The standard InChI is InChI=1S/C17H25F3N2O/c1-16(2,3)15(22-14(23)9-6-10-21-4)12-7-5-8-13(11-12)17(18,19)20/h5,7-8,11,15,21H,6,9-10H2,1-4H3,(H,22,23). The molecule has 0 bridgehead atoms. The Bertz CT molecular complexity index is 521. The maximum Gasteiger partial charge on any atom is 0.416 e. The van der Waals surface area contributed by atoms with Crippen LogP contribution >= 0.6 is 0 Å². The van der Waals surface area contributed by atoms with E-state index in [2.05, 4.69) is 10.6 Å². The average Bonchev–Trinajstić information content (AvgIpc) is 2.43. The molecule has 0 spiro atoms. The Hall–Kier alpha value is -1.56. The minimum absolute atomic E-state index is 0.155. The maximum atomic E-state index is 12.9. The number of rotatable bonds is 6. The van der Waals surface area contributed by atoms with Gasteiger partial charge in [0.15, 0.2) is 0 Å². The molecule has 0 saturated heterocycles. The van der Waals surface area contributed by atoms with Crippen LogP contribution in [0.4, 0.5) is 13.2 Å². The van der Waals surface area contributed by atoms with Gasteiger partial charge in [0.05, 0.1) is 11.6 Å². The second-order valence-corrected chi connectivity index (χ2v) is 6.70. The van der Waals surface area contributed by atoms with Crippen LogP contribution in [0, 0.1) is 5.41 Å². The van der Waals surface area contributed by atoms with E-state index >= 15 is 0 Å². The monoisotopic (exact) mass is 330 g/mol. The van der Waals surface area contributed by atoms with Crippen LogP contribution in [0.5, 0.6) is 0 Å². The van der Waals surface area contributed by atoms with Crippen molar-refractivity contribution < 1.29 is 18.0 Å². The van der Waals surface area contributed by atoms with Crippen molar-refractivity contribution >= 4 is 5.91 Å². The molecule has 1 amide bonds. The molecule has 2 N–H and O–H groups in total. The Morgan fingerprint density at radius 1 is 1.22 bits per heavy atom. The minimum atomic E-state index is -4.39. The zero-order valence-electron chi connectivity index (χ0n) is 14.1. The van der Waals surface area contributed by atoms with Gasteiger partial charge in [-0.1, -0.05) is 32.9 Å². The van der Waals surface area contributed by atoms with Crippen LogP contribution in [0.15, 0.2) is 24.3 Å². The van der Waals surface area contributed by atoms with E-state index < -0.39 is 23.2 Å². The Balaban J connectivity index is 2.98. The van der Waals surface area contributed by atoms with Gasteiger partial charge in [-0.3, -0.25) is 4.79 Å². The summed E-state index contributed by atoms with van der Waals surface area (Å²) in [6.45, 7) is 6.40. The zero-order valence-corrected chi connectivity index (χ0v) is 14.1. The largest absolute Gasteiger partial charge is 0.416 e. The number of nitrogens with one attached hydrogen (secondary N) is 2. The summed E-state index contributed by atoms with van der Waals surface area (Å²) in [5.74, 6) is -0.155. The molecule has 0 fully saturated rings. The molecule has 1 aromatic rings. The maximum absolute atomic E-state index is 12.9. The van der Waals surface area contributed by atoms with E-state index in [1.54, 1.807) is 13.1 Å². The predicted octanol–water partition coefficient (Wildman–Crippen LogP) is 3.91. The lowest BCUT2D eigenvalue weighted by Crippen LogP contribution is -2.37. The van der Waals surface area contributed by atoms with Crippen molar-refractivity contribution in [3.8, 4) is 0 Å². The van der Waals surface area contributed by atoms with Crippen molar-refractivity contribution in [2.45, 2.75) is 45.8 Å². The first-order chi connectivity index (χ1) is 10.6. The van der Waals surface area contributed by atoms with E-state index in [1.165, 1.54) is 6.07 Å². The van der Waals surface area contributed by atoms with Crippen molar-refractivity contribution in [1.82, 2.24) is 10.6 Å². The second-order valence-electron chi connectivity index (χ2n) is 6.70. The van der Waals surface area contributed by atoms with Gasteiger partial charge in [-0.2, -0.15) is 13.2 Å². The van der Waals surface area contributed by atoms with Crippen molar-refractivity contribution in [1.29, 1.82) is 0 Å². The first kappa shape index (κ1) is 19.5. The number of alkyl halides is 3. The van der Waals surface area contributed by atoms with E-state index in [0.29, 0.717) is 18.4 Å². The number of halogens is 3. The van der Waals surface area contributed by atoms with E-state index in [0.717, 1.165) is 18.7 Å². The van der Waals surface area contributed by atoms with Gasteiger partial charge in [-0.05, 0) is 43.1 Å². The molecular formula is C17H25F3N2O. The fourth-order valence-corrected chi connectivity index (χ4v) is 2.35. The van der Waals surface area contributed by atoms with Gasteiger partial charge in [0, 0.05) is 6.42 Å². The smallest absolute Gasteiger partial charge is 0.349 e. The summed E-state index contributed by atoms with van der Waals surface area (Å²) >= 11 is 0. The van der Waals surface area contributed by atoms with Crippen LogP contribution < -0.4 is 10.6 Å². The number of amides is 1. The molecule has 1 atom stereocenters. The summed E-state index contributed by atoms with van der Waals surface area (Å²) in [7, 11) is 1.80. The highest BCUT2D eigenvalue weighted by Gasteiger charge is 2.33. The van der Waals surface area contributed by atoms with Gasteiger partial charge in [0.2, 0.25) is 5.91 Å². The summed E-state index contributed by atoms with van der Waals surface area (Å²) in [5, 5.41) is 5.83. The third-order valence-electron chi connectivity index (χ3n) is 3.55. The molecule has 0 aromatic heterocycles. The molecule has 6 heteroatoms. The molecule has 130 valence electrons. The molecule has 3 nitrogen and oxygen atoms in total. The van der Waals surface area contributed by atoms with Crippen LogP contribution in [-0.2, 0) is 11.0 Å².